The molecule has 1 atom stereocenters. The third-order valence-electron chi connectivity index (χ3n) is 2.54. The molecule has 0 aliphatic rings. The molecule has 0 spiro atoms. The van der Waals surface area contributed by atoms with E-state index in [0.29, 0.717) is 0 Å². The van der Waals surface area contributed by atoms with E-state index in [4.69, 9.17) is 5.26 Å². The first-order valence-electron chi connectivity index (χ1n) is 5.74. The summed E-state index contributed by atoms with van der Waals surface area (Å²) in [5.74, 6) is -0.0141. The Bertz CT molecular complexity index is 415. The standard InChI is InChI=1S/C13H19NO3S/c1-9(14-12(15)13(2,3)4)10-7-5-6-8-11(10)18-17-16/h5-9,16H,1-4H3,(H,14,15)/t9-/m1/s1. The Hall–Kier alpha value is -1.04. The minimum Gasteiger partial charge on any atom is -0.349 e. The number of benzene rings is 1. The van der Waals surface area contributed by atoms with Crippen molar-refractivity contribution in [2.75, 3.05) is 0 Å². The van der Waals surface area contributed by atoms with Gasteiger partial charge < -0.3 is 5.32 Å². The molecule has 0 bridgehead atoms. The Labute approximate surface area is 112 Å². The van der Waals surface area contributed by atoms with Crippen molar-refractivity contribution >= 4 is 17.9 Å². The monoisotopic (exact) mass is 269 g/mol. The van der Waals surface area contributed by atoms with Crippen LogP contribution >= 0.6 is 12.0 Å². The van der Waals surface area contributed by atoms with Crippen LogP contribution in [0.15, 0.2) is 29.2 Å². The van der Waals surface area contributed by atoms with Crippen molar-refractivity contribution in [3.63, 3.8) is 0 Å². The van der Waals surface area contributed by atoms with Crippen LogP contribution in [0, 0.1) is 5.41 Å². The maximum absolute atomic E-state index is 11.9. The molecule has 0 aliphatic carbocycles. The van der Waals surface area contributed by atoms with E-state index in [1.807, 2.05) is 52.0 Å². The second-order valence-electron chi connectivity index (χ2n) is 5.14. The number of hydrogen-bond acceptors (Lipinski definition) is 4. The van der Waals surface area contributed by atoms with E-state index < -0.39 is 5.41 Å². The molecule has 0 aliphatic heterocycles. The van der Waals surface area contributed by atoms with Crippen LogP contribution in [0.3, 0.4) is 0 Å². The molecule has 0 heterocycles. The van der Waals surface area contributed by atoms with Crippen LogP contribution in [0.25, 0.3) is 0 Å². The van der Waals surface area contributed by atoms with E-state index in [1.54, 1.807) is 0 Å². The van der Waals surface area contributed by atoms with Crippen LogP contribution < -0.4 is 5.32 Å². The zero-order valence-corrected chi connectivity index (χ0v) is 11.9. The van der Waals surface area contributed by atoms with E-state index >= 15 is 0 Å². The first-order valence-corrected chi connectivity index (χ1v) is 6.48. The summed E-state index contributed by atoms with van der Waals surface area (Å²) < 4.78 is 4.09. The third kappa shape index (κ3) is 4.01. The first-order chi connectivity index (χ1) is 8.36. The lowest BCUT2D eigenvalue weighted by atomic mass is 9.94. The molecular formula is C13H19NO3S. The third-order valence-corrected chi connectivity index (χ3v) is 3.17. The number of rotatable bonds is 4. The van der Waals surface area contributed by atoms with Gasteiger partial charge >= 0.3 is 0 Å². The van der Waals surface area contributed by atoms with Crippen LogP contribution in [0.1, 0.15) is 39.3 Å². The van der Waals surface area contributed by atoms with Crippen molar-refractivity contribution < 1.29 is 14.4 Å². The number of carbonyl (C=O) groups excluding carboxylic acids is 1. The molecule has 1 aromatic rings. The minimum atomic E-state index is -0.427. The van der Waals surface area contributed by atoms with Crippen molar-refractivity contribution in [2.45, 2.75) is 38.6 Å². The fourth-order valence-electron chi connectivity index (χ4n) is 1.45. The summed E-state index contributed by atoms with van der Waals surface area (Å²) in [5, 5.41) is 11.5. The number of carbonyl (C=O) groups is 1. The van der Waals surface area contributed by atoms with Gasteiger partial charge in [0.1, 0.15) is 0 Å². The summed E-state index contributed by atoms with van der Waals surface area (Å²) in [6.07, 6.45) is 0. The predicted molar refractivity (Wildman–Crippen MR) is 72.0 cm³/mol. The Morgan fingerprint density at radius 1 is 1.39 bits per heavy atom. The number of amides is 1. The Kier molecular flexibility index (Phi) is 5.19. The lowest BCUT2D eigenvalue weighted by Crippen LogP contribution is -2.36. The van der Waals surface area contributed by atoms with Gasteiger partial charge in [-0.25, -0.2) is 5.26 Å². The quantitative estimate of drug-likeness (QED) is 0.499. The van der Waals surface area contributed by atoms with Gasteiger partial charge in [0.2, 0.25) is 5.91 Å². The highest BCUT2D eigenvalue weighted by atomic mass is 32.2. The molecule has 0 fully saturated rings. The summed E-state index contributed by atoms with van der Waals surface area (Å²) in [5.41, 5.74) is 0.484. The van der Waals surface area contributed by atoms with E-state index in [2.05, 4.69) is 9.65 Å². The number of nitrogens with one attached hydrogen (secondary N) is 1. The van der Waals surface area contributed by atoms with Crippen molar-refractivity contribution in [3.05, 3.63) is 29.8 Å². The average Bonchev–Trinajstić information content (AvgIpc) is 2.28. The largest absolute Gasteiger partial charge is 0.349 e. The zero-order chi connectivity index (χ0) is 13.8. The molecule has 4 nitrogen and oxygen atoms in total. The topological polar surface area (TPSA) is 58.6 Å². The van der Waals surface area contributed by atoms with Gasteiger partial charge in [-0.05, 0) is 18.6 Å². The van der Waals surface area contributed by atoms with Gasteiger partial charge in [0, 0.05) is 10.3 Å². The summed E-state index contributed by atoms with van der Waals surface area (Å²) in [6.45, 7) is 7.51. The molecule has 5 heteroatoms. The highest BCUT2D eigenvalue weighted by molar-refractivity contribution is 7.94. The van der Waals surface area contributed by atoms with Gasteiger partial charge in [-0.3, -0.25) is 4.79 Å². The molecular weight excluding hydrogens is 250 g/mol. The molecule has 0 saturated heterocycles. The van der Waals surface area contributed by atoms with Gasteiger partial charge in [-0.15, -0.1) is 0 Å². The molecule has 1 aromatic carbocycles. The van der Waals surface area contributed by atoms with Crippen molar-refractivity contribution in [2.24, 2.45) is 5.41 Å². The van der Waals surface area contributed by atoms with Gasteiger partial charge in [0.05, 0.1) is 18.1 Å². The van der Waals surface area contributed by atoms with Gasteiger partial charge in [-0.1, -0.05) is 39.0 Å². The molecule has 0 unspecified atom stereocenters. The van der Waals surface area contributed by atoms with E-state index in [0.717, 1.165) is 22.5 Å². The molecule has 1 rings (SSSR count). The highest BCUT2D eigenvalue weighted by Gasteiger charge is 2.23. The lowest BCUT2D eigenvalue weighted by Gasteiger charge is -2.23. The van der Waals surface area contributed by atoms with Crippen LogP contribution in [0.5, 0.6) is 0 Å². The maximum Gasteiger partial charge on any atom is 0.225 e. The molecule has 1 amide bonds. The first kappa shape index (κ1) is 15.0. The van der Waals surface area contributed by atoms with Gasteiger partial charge in [0.15, 0.2) is 0 Å². The van der Waals surface area contributed by atoms with E-state index in [9.17, 15) is 4.79 Å². The minimum absolute atomic E-state index is 0.0141. The molecule has 0 saturated carbocycles. The SMILES string of the molecule is C[C@@H](NC(=O)C(C)(C)C)c1ccccc1SOO. The Morgan fingerprint density at radius 3 is 2.56 bits per heavy atom. The lowest BCUT2D eigenvalue weighted by molar-refractivity contribution is -0.129. The predicted octanol–water partition coefficient (Wildman–Crippen LogP) is 3.41. The summed E-state index contributed by atoms with van der Waals surface area (Å²) in [6, 6.07) is 7.32. The van der Waals surface area contributed by atoms with Crippen LogP contribution in [-0.2, 0) is 9.13 Å². The van der Waals surface area contributed by atoms with Crippen LogP contribution in [0.2, 0.25) is 0 Å². The fraction of sp³-hybridized carbons (Fsp3) is 0.462. The van der Waals surface area contributed by atoms with Crippen molar-refractivity contribution in [1.29, 1.82) is 0 Å². The van der Waals surface area contributed by atoms with Crippen molar-refractivity contribution in [1.82, 2.24) is 5.32 Å². The van der Waals surface area contributed by atoms with Gasteiger partial charge in [-0.2, -0.15) is 4.33 Å². The molecule has 0 aromatic heterocycles. The van der Waals surface area contributed by atoms with E-state index in [-0.39, 0.29) is 11.9 Å². The smallest absolute Gasteiger partial charge is 0.225 e. The second kappa shape index (κ2) is 6.22. The normalized spacial score (nSPS) is 13.2. The van der Waals surface area contributed by atoms with E-state index in [1.165, 1.54) is 0 Å². The average molecular weight is 269 g/mol. The Morgan fingerprint density at radius 2 is 2.00 bits per heavy atom. The molecule has 100 valence electrons. The van der Waals surface area contributed by atoms with Gasteiger partial charge in [0.25, 0.3) is 0 Å². The summed E-state index contributed by atoms with van der Waals surface area (Å²) in [7, 11) is 0. The van der Waals surface area contributed by atoms with Crippen molar-refractivity contribution in [3.8, 4) is 0 Å². The van der Waals surface area contributed by atoms with Crippen LogP contribution in [-0.4, -0.2) is 11.2 Å². The van der Waals surface area contributed by atoms with Crippen LogP contribution in [0.4, 0.5) is 0 Å². The molecule has 18 heavy (non-hydrogen) atoms. The molecule has 2 N–H and O–H groups in total. The molecule has 0 radical (unpaired) electrons. The highest BCUT2D eigenvalue weighted by Crippen LogP contribution is 2.28. The fourth-order valence-corrected chi connectivity index (χ4v) is 2.00. The second-order valence-corrected chi connectivity index (χ2v) is 5.90. The number of hydrogen-bond donors (Lipinski definition) is 2. The zero-order valence-electron chi connectivity index (χ0n) is 11.1. The maximum atomic E-state index is 11.9. The summed E-state index contributed by atoms with van der Waals surface area (Å²) in [4.78, 5) is 12.7. The Balaban J connectivity index is 2.84. The summed E-state index contributed by atoms with van der Waals surface area (Å²) >= 11 is 0.869.